The van der Waals surface area contributed by atoms with Crippen LogP contribution in [0.3, 0.4) is 0 Å². The normalized spacial score (nSPS) is 14.0. The Labute approximate surface area is 200 Å². The predicted octanol–water partition coefficient (Wildman–Crippen LogP) is 4.90. The summed E-state index contributed by atoms with van der Waals surface area (Å²) < 4.78 is 183. The summed E-state index contributed by atoms with van der Waals surface area (Å²) in [5.41, 5.74) is 0. The summed E-state index contributed by atoms with van der Waals surface area (Å²) >= 11 is 5.35. The highest BCUT2D eigenvalue weighted by Gasteiger charge is 2.78. The molecule has 0 unspecified atom stereocenters. The Morgan fingerprint density at radius 1 is 0.622 bits per heavy atom. The van der Waals surface area contributed by atoms with Crippen molar-refractivity contribution in [2.45, 2.75) is 49.9 Å². The highest BCUT2D eigenvalue weighted by atomic mass is 35.5. The minimum atomic E-state index is -6.97. The fraction of sp³-hybridized carbons (Fsp3) is 0.667. The molecule has 0 fully saturated rings. The SMILES string of the molecule is CCN(C(=O)C(F)(F)C(F)(F)C(F)(F)F)c1nc(Cl)nc(N(CC)C(=O)C(F)(F)C(F)(F)C(F)(F)F)n1. The summed E-state index contributed by atoms with van der Waals surface area (Å²) in [6.07, 6.45) is -13.9. The molecule has 37 heavy (non-hydrogen) atoms. The summed E-state index contributed by atoms with van der Waals surface area (Å²) in [5, 5.41) is -1.37. The van der Waals surface area contributed by atoms with Crippen molar-refractivity contribution >= 4 is 35.3 Å². The van der Waals surface area contributed by atoms with Gasteiger partial charge in [-0.3, -0.25) is 19.4 Å². The smallest absolute Gasteiger partial charge is 0.275 e. The van der Waals surface area contributed by atoms with Crippen molar-refractivity contribution in [1.82, 2.24) is 15.0 Å². The van der Waals surface area contributed by atoms with Crippen LogP contribution < -0.4 is 9.80 Å². The van der Waals surface area contributed by atoms with Gasteiger partial charge in [-0.25, -0.2) is 0 Å². The third kappa shape index (κ3) is 5.44. The summed E-state index contributed by atoms with van der Waals surface area (Å²) in [4.78, 5) is 31.2. The molecule has 2 amide bonds. The number of aromatic nitrogens is 3. The van der Waals surface area contributed by atoms with E-state index in [9.17, 15) is 71.1 Å². The molecule has 0 atom stereocenters. The number of hydrogen-bond donors (Lipinski definition) is 0. The molecule has 0 aliphatic heterocycles. The molecule has 0 N–H and O–H groups in total. The van der Waals surface area contributed by atoms with E-state index in [-0.39, 0.29) is 0 Å². The highest BCUT2D eigenvalue weighted by molar-refractivity contribution is 6.28. The molecule has 0 spiro atoms. The van der Waals surface area contributed by atoms with Gasteiger partial charge in [0.2, 0.25) is 17.2 Å². The Balaban J connectivity index is 3.64. The lowest BCUT2D eigenvalue weighted by Crippen LogP contribution is -2.61. The first-order chi connectivity index (χ1) is 16.3. The molecule has 1 aromatic rings. The van der Waals surface area contributed by atoms with E-state index in [2.05, 4.69) is 15.0 Å². The van der Waals surface area contributed by atoms with Crippen molar-refractivity contribution in [3.63, 3.8) is 0 Å². The van der Waals surface area contributed by atoms with Crippen LogP contribution in [-0.2, 0) is 9.59 Å². The van der Waals surface area contributed by atoms with E-state index in [1.54, 1.807) is 0 Å². The lowest BCUT2D eigenvalue weighted by Gasteiger charge is -2.32. The zero-order chi connectivity index (χ0) is 29.6. The molecule has 1 rings (SSSR count). The van der Waals surface area contributed by atoms with Crippen LogP contribution >= 0.6 is 11.6 Å². The van der Waals surface area contributed by atoms with Crippen molar-refractivity contribution in [3.05, 3.63) is 5.28 Å². The quantitative estimate of drug-likeness (QED) is 0.401. The van der Waals surface area contributed by atoms with Crippen LogP contribution in [0.2, 0.25) is 5.28 Å². The molecule has 22 heteroatoms. The molecule has 0 radical (unpaired) electrons. The maximum absolute atomic E-state index is 13.8. The fourth-order valence-electron chi connectivity index (χ4n) is 2.29. The molecular formula is C15H10ClF14N5O2. The zero-order valence-corrected chi connectivity index (χ0v) is 18.4. The van der Waals surface area contributed by atoms with Gasteiger partial charge in [-0.15, -0.1) is 0 Å². The summed E-state index contributed by atoms with van der Waals surface area (Å²) in [7, 11) is 0. The first kappa shape index (κ1) is 32.3. The molecular weight excluding hydrogens is 584 g/mol. The summed E-state index contributed by atoms with van der Waals surface area (Å²) in [5.74, 6) is -37.0. The van der Waals surface area contributed by atoms with E-state index >= 15 is 0 Å². The first-order valence-corrected chi connectivity index (χ1v) is 9.40. The predicted molar refractivity (Wildman–Crippen MR) is 92.8 cm³/mol. The number of hydrogen-bond acceptors (Lipinski definition) is 5. The first-order valence-electron chi connectivity index (χ1n) is 9.03. The number of alkyl halides is 14. The summed E-state index contributed by atoms with van der Waals surface area (Å²) in [6, 6.07) is 0. The molecule has 7 nitrogen and oxygen atoms in total. The molecule has 1 heterocycles. The number of carbonyl (C=O) groups excluding carboxylic acids is 2. The number of rotatable bonds is 8. The molecule has 0 saturated carbocycles. The molecule has 0 aliphatic carbocycles. The monoisotopic (exact) mass is 593 g/mol. The third-order valence-electron chi connectivity index (χ3n) is 4.23. The molecule has 0 saturated heterocycles. The minimum Gasteiger partial charge on any atom is -0.275 e. The number of carbonyl (C=O) groups is 2. The number of amides is 2. The van der Waals surface area contributed by atoms with Crippen molar-refractivity contribution in [2.75, 3.05) is 22.9 Å². The van der Waals surface area contributed by atoms with Crippen molar-refractivity contribution < 1.29 is 71.1 Å². The van der Waals surface area contributed by atoms with Crippen LogP contribution in [0.1, 0.15) is 13.8 Å². The van der Waals surface area contributed by atoms with E-state index < -0.39 is 87.9 Å². The maximum atomic E-state index is 13.8. The second-order valence-corrected chi connectivity index (χ2v) is 6.93. The van der Waals surface area contributed by atoms with Crippen molar-refractivity contribution in [2.24, 2.45) is 0 Å². The van der Waals surface area contributed by atoms with Gasteiger partial charge < -0.3 is 0 Å². The van der Waals surface area contributed by atoms with Crippen LogP contribution in [0.5, 0.6) is 0 Å². The van der Waals surface area contributed by atoms with E-state index in [4.69, 9.17) is 11.6 Å². The fourth-order valence-corrected chi connectivity index (χ4v) is 2.44. The van der Waals surface area contributed by atoms with Crippen molar-refractivity contribution in [3.8, 4) is 0 Å². The number of nitrogens with zero attached hydrogens (tertiary/aromatic N) is 5. The minimum absolute atomic E-state index is 0.678. The standard InChI is InChI=1S/C15H10ClF14N5O2/c1-3-34(5(36)10(17,18)12(21,22)14(25,26)27)8-31-7(16)32-9(33-8)35(4-2)6(37)11(19,20)13(23,24)15(28,29)30/h3-4H2,1-2H3. The molecule has 1 aromatic heterocycles. The molecule has 212 valence electrons. The molecule has 0 aromatic carbocycles. The average Bonchev–Trinajstić information content (AvgIpc) is 2.72. The van der Waals surface area contributed by atoms with Gasteiger partial charge in [-0.1, -0.05) is 0 Å². The van der Waals surface area contributed by atoms with Gasteiger partial charge in [-0.05, 0) is 25.4 Å². The van der Waals surface area contributed by atoms with Gasteiger partial charge in [0.25, 0.3) is 0 Å². The Kier molecular flexibility index (Phi) is 8.60. The van der Waals surface area contributed by atoms with Gasteiger partial charge in [0.05, 0.1) is 0 Å². The third-order valence-corrected chi connectivity index (χ3v) is 4.40. The van der Waals surface area contributed by atoms with E-state index in [1.807, 2.05) is 0 Å². The second kappa shape index (κ2) is 9.86. The van der Waals surface area contributed by atoms with Gasteiger partial charge in [-0.2, -0.15) is 76.4 Å². The largest absolute Gasteiger partial charge is 0.460 e. The van der Waals surface area contributed by atoms with Crippen LogP contribution in [0.15, 0.2) is 0 Å². The number of anilines is 2. The van der Waals surface area contributed by atoms with Gasteiger partial charge in [0, 0.05) is 13.1 Å². The van der Waals surface area contributed by atoms with Crippen molar-refractivity contribution in [1.29, 1.82) is 0 Å². The van der Waals surface area contributed by atoms with E-state index in [0.717, 1.165) is 0 Å². The highest BCUT2D eigenvalue weighted by Crippen LogP contribution is 2.48. The topological polar surface area (TPSA) is 79.3 Å². The van der Waals surface area contributed by atoms with E-state index in [0.29, 0.717) is 13.8 Å². The lowest BCUT2D eigenvalue weighted by atomic mass is 10.1. The van der Waals surface area contributed by atoms with Gasteiger partial charge >= 0.3 is 47.9 Å². The van der Waals surface area contributed by atoms with Crippen LogP contribution in [-0.4, -0.2) is 75.9 Å². The molecule has 0 bridgehead atoms. The Morgan fingerprint density at radius 2 is 0.892 bits per heavy atom. The van der Waals surface area contributed by atoms with Crippen LogP contribution in [0, 0.1) is 0 Å². The molecule has 0 aliphatic rings. The lowest BCUT2D eigenvalue weighted by molar-refractivity contribution is -0.343. The number of halogens is 15. The Bertz CT molecular complexity index is 953. The average molecular weight is 594 g/mol. The van der Waals surface area contributed by atoms with Crippen LogP contribution in [0.4, 0.5) is 73.4 Å². The van der Waals surface area contributed by atoms with Crippen LogP contribution in [0.25, 0.3) is 0 Å². The van der Waals surface area contributed by atoms with Gasteiger partial charge in [0.15, 0.2) is 0 Å². The second-order valence-electron chi connectivity index (χ2n) is 6.60. The van der Waals surface area contributed by atoms with E-state index in [1.165, 1.54) is 0 Å². The Morgan fingerprint density at radius 3 is 1.11 bits per heavy atom. The Hall–Kier alpha value is -2.74. The zero-order valence-electron chi connectivity index (χ0n) is 17.6. The maximum Gasteiger partial charge on any atom is 0.460 e. The van der Waals surface area contributed by atoms with Gasteiger partial charge in [0.1, 0.15) is 0 Å². The summed E-state index contributed by atoms with van der Waals surface area (Å²) in [6.45, 7) is -1.13.